The minimum Gasteiger partial charge on any atom is -0.485 e. The Kier molecular flexibility index (Phi) is 3.11. The highest BCUT2D eigenvalue weighted by atomic mass is 32.1. The average Bonchev–Trinajstić information content (AvgIpc) is 2.69. The van der Waals surface area contributed by atoms with E-state index < -0.39 is 0 Å². The van der Waals surface area contributed by atoms with Crippen molar-refractivity contribution in [3.8, 4) is 5.75 Å². The van der Waals surface area contributed by atoms with Crippen LogP contribution >= 0.6 is 11.3 Å². The Hall–Kier alpha value is -1.32. The summed E-state index contributed by atoms with van der Waals surface area (Å²) in [5, 5.41) is 0. The molecular weight excluding hydrogens is 254 g/mol. The SMILES string of the molecule is Cc1ccc2c(c1)[C@@H](N)CC(c1cc(C)sc1C)O2. The largest absolute Gasteiger partial charge is 0.485 e. The number of nitrogens with two attached hydrogens (primary N) is 1. The molecule has 1 aliphatic rings. The lowest BCUT2D eigenvalue weighted by molar-refractivity contribution is 0.161. The zero-order valence-corrected chi connectivity index (χ0v) is 12.4. The summed E-state index contributed by atoms with van der Waals surface area (Å²) >= 11 is 1.83. The fourth-order valence-electron chi connectivity index (χ4n) is 2.78. The Labute approximate surface area is 118 Å². The first-order chi connectivity index (χ1) is 9.04. The van der Waals surface area contributed by atoms with E-state index in [1.807, 2.05) is 17.4 Å². The maximum absolute atomic E-state index is 6.32. The van der Waals surface area contributed by atoms with Crippen LogP contribution in [0.25, 0.3) is 0 Å². The molecule has 1 aromatic carbocycles. The molecule has 1 unspecified atom stereocenters. The zero-order chi connectivity index (χ0) is 13.6. The van der Waals surface area contributed by atoms with Gasteiger partial charge in [0.2, 0.25) is 0 Å². The van der Waals surface area contributed by atoms with Crippen LogP contribution in [0.4, 0.5) is 0 Å². The third kappa shape index (κ3) is 2.28. The van der Waals surface area contributed by atoms with E-state index in [4.69, 9.17) is 10.5 Å². The normalized spacial score (nSPS) is 21.9. The third-order valence-corrected chi connectivity index (χ3v) is 4.71. The lowest BCUT2D eigenvalue weighted by atomic mass is 9.93. The van der Waals surface area contributed by atoms with Crippen molar-refractivity contribution in [3.63, 3.8) is 0 Å². The number of rotatable bonds is 1. The Bertz CT molecular complexity index is 617. The van der Waals surface area contributed by atoms with E-state index in [1.54, 1.807) is 0 Å². The van der Waals surface area contributed by atoms with Crippen LogP contribution in [0.1, 0.15) is 45.0 Å². The summed E-state index contributed by atoms with van der Waals surface area (Å²) in [4.78, 5) is 2.67. The molecule has 0 radical (unpaired) electrons. The van der Waals surface area contributed by atoms with Gasteiger partial charge in [-0.15, -0.1) is 11.3 Å². The van der Waals surface area contributed by atoms with Gasteiger partial charge in [0.25, 0.3) is 0 Å². The van der Waals surface area contributed by atoms with Crippen molar-refractivity contribution < 1.29 is 4.74 Å². The summed E-state index contributed by atoms with van der Waals surface area (Å²) in [6.45, 7) is 6.39. The van der Waals surface area contributed by atoms with Gasteiger partial charge in [-0.25, -0.2) is 0 Å². The summed E-state index contributed by atoms with van der Waals surface area (Å²) in [6, 6.07) is 8.57. The standard InChI is InChI=1S/C16H19NOS/c1-9-4-5-15-13(6-9)14(17)8-16(18-15)12-7-10(2)19-11(12)3/h4-7,14,16H,8,17H2,1-3H3/t14-,16?/m0/s1. The molecule has 0 saturated heterocycles. The summed E-state index contributed by atoms with van der Waals surface area (Å²) in [5.41, 5.74) is 9.99. The van der Waals surface area contributed by atoms with E-state index in [0.717, 1.165) is 17.7 Å². The maximum atomic E-state index is 6.32. The fraction of sp³-hybridized carbons (Fsp3) is 0.375. The first-order valence-electron chi connectivity index (χ1n) is 6.64. The molecule has 0 aliphatic carbocycles. The Morgan fingerprint density at radius 3 is 2.63 bits per heavy atom. The zero-order valence-electron chi connectivity index (χ0n) is 11.6. The number of benzene rings is 1. The second-order valence-corrected chi connectivity index (χ2v) is 6.82. The van der Waals surface area contributed by atoms with Gasteiger partial charge in [-0.3, -0.25) is 0 Å². The monoisotopic (exact) mass is 273 g/mol. The number of thiophene rings is 1. The molecule has 3 rings (SSSR count). The van der Waals surface area contributed by atoms with Crippen molar-refractivity contribution in [2.75, 3.05) is 0 Å². The van der Waals surface area contributed by atoms with Crippen LogP contribution in [-0.4, -0.2) is 0 Å². The van der Waals surface area contributed by atoms with Gasteiger partial charge >= 0.3 is 0 Å². The number of aryl methyl sites for hydroxylation is 3. The van der Waals surface area contributed by atoms with Crippen molar-refractivity contribution in [2.45, 2.75) is 39.3 Å². The van der Waals surface area contributed by atoms with Crippen LogP contribution in [-0.2, 0) is 0 Å². The molecule has 0 fully saturated rings. The first kappa shape index (κ1) is 12.7. The van der Waals surface area contributed by atoms with Gasteiger partial charge < -0.3 is 10.5 Å². The summed E-state index contributed by atoms with van der Waals surface area (Å²) < 4.78 is 6.16. The summed E-state index contributed by atoms with van der Waals surface area (Å²) in [5.74, 6) is 0.942. The first-order valence-corrected chi connectivity index (χ1v) is 7.46. The van der Waals surface area contributed by atoms with Gasteiger partial charge in [0, 0.05) is 33.3 Å². The topological polar surface area (TPSA) is 35.2 Å². The molecule has 2 atom stereocenters. The molecule has 0 bridgehead atoms. The molecule has 19 heavy (non-hydrogen) atoms. The van der Waals surface area contributed by atoms with Gasteiger partial charge in [0.1, 0.15) is 11.9 Å². The van der Waals surface area contributed by atoms with Crippen molar-refractivity contribution in [1.29, 1.82) is 0 Å². The molecule has 2 heterocycles. The number of fused-ring (bicyclic) bond motifs is 1. The third-order valence-electron chi connectivity index (χ3n) is 3.73. The van der Waals surface area contributed by atoms with Gasteiger partial charge in [0.15, 0.2) is 0 Å². The van der Waals surface area contributed by atoms with Crippen LogP contribution < -0.4 is 10.5 Å². The van der Waals surface area contributed by atoms with E-state index in [-0.39, 0.29) is 12.1 Å². The number of hydrogen-bond donors (Lipinski definition) is 1. The van der Waals surface area contributed by atoms with Gasteiger partial charge in [0.05, 0.1) is 0 Å². The maximum Gasteiger partial charge on any atom is 0.127 e. The van der Waals surface area contributed by atoms with Crippen molar-refractivity contribution in [1.82, 2.24) is 0 Å². The molecule has 0 spiro atoms. The van der Waals surface area contributed by atoms with Crippen LogP contribution in [0.2, 0.25) is 0 Å². The Morgan fingerprint density at radius 2 is 1.95 bits per heavy atom. The van der Waals surface area contributed by atoms with Crippen LogP contribution in [0.5, 0.6) is 5.75 Å². The van der Waals surface area contributed by atoms with Crippen LogP contribution in [0.15, 0.2) is 24.3 Å². The van der Waals surface area contributed by atoms with Gasteiger partial charge in [-0.05, 0) is 32.9 Å². The molecule has 1 aliphatic heterocycles. The quantitative estimate of drug-likeness (QED) is 0.845. The fourth-order valence-corrected chi connectivity index (χ4v) is 3.76. The minimum absolute atomic E-state index is 0.0632. The molecular formula is C16H19NOS. The molecule has 0 saturated carbocycles. The predicted molar refractivity (Wildman–Crippen MR) is 79.9 cm³/mol. The minimum atomic E-state index is 0.0632. The Morgan fingerprint density at radius 1 is 1.16 bits per heavy atom. The molecule has 3 heteroatoms. The van der Waals surface area contributed by atoms with E-state index in [1.165, 1.54) is 20.9 Å². The Balaban J connectivity index is 1.97. The van der Waals surface area contributed by atoms with Gasteiger partial charge in [-0.2, -0.15) is 0 Å². The van der Waals surface area contributed by atoms with Crippen LogP contribution in [0.3, 0.4) is 0 Å². The lowest BCUT2D eigenvalue weighted by Gasteiger charge is -2.30. The highest BCUT2D eigenvalue weighted by molar-refractivity contribution is 7.12. The molecule has 100 valence electrons. The molecule has 2 nitrogen and oxygen atoms in total. The predicted octanol–water partition coefficient (Wildman–Crippen LogP) is 4.20. The number of hydrogen-bond acceptors (Lipinski definition) is 3. The highest BCUT2D eigenvalue weighted by Gasteiger charge is 2.28. The molecule has 1 aromatic heterocycles. The van der Waals surface area contributed by atoms with E-state index >= 15 is 0 Å². The highest BCUT2D eigenvalue weighted by Crippen LogP contribution is 2.42. The van der Waals surface area contributed by atoms with Crippen molar-refractivity contribution >= 4 is 11.3 Å². The van der Waals surface area contributed by atoms with Gasteiger partial charge in [-0.1, -0.05) is 17.7 Å². The molecule has 0 amide bonds. The molecule has 2 aromatic rings. The molecule has 2 N–H and O–H groups in total. The van der Waals surface area contributed by atoms with E-state index in [2.05, 4.69) is 39.0 Å². The second-order valence-electron chi connectivity index (χ2n) is 5.36. The van der Waals surface area contributed by atoms with Crippen molar-refractivity contribution in [3.05, 3.63) is 50.7 Å². The number of ether oxygens (including phenoxy) is 1. The smallest absolute Gasteiger partial charge is 0.127 e. The average molecular weight is 273 g/mol. The summed E-state index contributed by atoms with van der Waals surface area (Å²) in [7, 11) is 0. The second kappa shape index (κ2) is 4.66. The van der Waals surface area contributed by atoms with Crippen molar-refractivity contribution in [2.24, 2.45) is 5.73 Å². The summed E-state index contributed by atoms with van der Waals surface area (Å²) in [6.07, 6.45) is 0.947. The van der Waals surface area contributed by atoms with E-state index in [0.29, 0.717) is 0 Å². The van der Waals surface area contributed by atoms with E-state index in [9.17, 15) is 0 Å². The van der Waals surface area contributed by atoms with Crippen LogP contribution in [0, 0.1) is 20.8 Å². The lowest BCUT2D eigenvalue weighted by Crippen LogP contribution is -2.24.